The second-order valence-electron chi connectivity index (χ2n) is 5.34. The average Bonchev–Trinajstić information content (AvgIpc) is 2.99. The summed E-state index contributed by atoms with van der Waals surface area (Å²) in [6.45, 7) is 1.86. The Morgan fingerprint density at radius 1 is 1.44 bits per heavy atom. The van der Waals surface area contributed by atoms with Gasteiger partial charge in [-0.3, -0.25) is 0 Å². The predicted octanol–water partition coefficient (Wildman–Crippen LogP) is 1.64. The summed E-state index contributed by atoms with van der Waals surface area (Å²) in [6.07, 6.45) is 0.783. The Morgan fingerprint density at radius 3 is 2.89 bits per heavy atom. The van der Waals surface area contributed by atoms with Gasteiger partial charge in [-0.25, -0.2) is 4.79 Å². The van der Waals surface area contributed by atoms with E-state index in [0.29, 0.717) is 19.1 Å². The highest BCUT2D eigenvalue weighted by molar-refractivity contribution is 5.68. The van der Waals surface area contributed by atoms with E-state index in [1.54, 1.807) is 4.90 Å². The van der Waals surface area contributed by atoms with Crippen molar-refractivity contribution in [3.63, 3.8) is 0 Å². The molecule has 0 spiro atoms. The number of piperidine rings is 1. The second-order valence-corrected chi connectivity index (χ2v) is 5.34. The normalized spacial score (nSPS) is 28.9. The van der Waals surface area contributed by atoms with Crippen LogP contribution in [0.4, 0.5) is 4.79 Å². The fraction of sp³-hybridized carbons (Fsp3) is 0.500. The van der Waals surface area contributed by atoms with Gasteiger partial charge in [0.05, 0.1) is 6.61 Å². The highest BCUT2D eigenvalue weighted by atomic mass is 16.6. The largest absolute Gasteiger partial charge is 0.445 e. The lowest BCUT2D eigenvalue weighted by Gasteiger charge is -2.19. The third-order valence-corrected chi connectivity index (χ3v) is 4.08. The monoisotopic (exact) mass is 247 g/mol. The molecule has 0 radical (unpaired) electrons. The minimum absolute atomic E-state index is 0.00817. The minimum atomic E-state index is -0.265. The van der Waals surface area contributed by atoms with Crippen LogP contribution in [0.3, 0.4) is 0 Å². The van der Waals surface area contributed by atoms with Crippen LogP contribution in [0.5, 0.6) is 0 Å². The van der Waals surface area contributed by atoms with Crippen LogP contribution < -0.4 is 0 Å². The Bertz CT molecular complexity index is 444. The van der Waals surface area contributed by atoms with Crippen LogP contribution in [-0.4, -0.2) is 35.8 Å². The van der Waals surface area contributed by atoms with Gasteiger partial charge in [-0.1, -0.05) is 30.3 Å². The summed E-state index contributed by atoms with van der Waals surface area (Å²) in [6, 6.07) is 9.65. The molecule has 1 saturated heterocycles. The first-order chi connectivity index (χ1) is 8.73. The molecular weight excluding hydrogens is 230 g/mol. The smallest absolute Gasteiger partial charge is 0.410 e. The average molecular weight is 247 g/mol. The maximum Gasteiger partial charge on any atom is 0.410 e. The molecule has 3 rings (SSSR count). The number of ether oxygens (including phenoxy) is 1. The number of aliphatic hydroxyl groups is 1. The number of aliphatic hydroxyl groups excluding tert-OH is 1. The summed E-state index contributed by atoms with van der Waals surface area (Å²) >= 11 is 0. The Kier molecular flexibility index (Phi) is 2.74. The molecule has 2 aliphatic rings. The first-order valence-electron chi connectivity index (χ1n) is 6.30. The zero-order valence-electron chi connectivity index (χ0n) is 10.2. The predicted molar refractivity (Wildman–Crippen MR) is 65.8 cm³/mol. The molecule has 0 bridgehead atoms. The molecule has 18 heavy (non-hydrogen) atoms. The molecule has 96 valence electrons. The van der Waals surface area contributed by atoms with Gasteiger partial charge >= 0.3 is 6.09 Å². The summed E-state index contributed by atoms with van der Waals surface area (Å²) in [4.78, 5) is 13.6. The Morgan fingerprint density at radius 2 is 2.22 bits per heavy atom. The minimum Gasteiger partial charge on any atom is -0.445 e. The van der Waals surface area contributed by atoms with E-state index in [1.165, 1.54) is 0 Å². The van der Waals surface area contributed by atoms with E-state index in [9.17, 15) is 9.90 Å². The SMILES string of the molecule is O=C(OCc1ccccc1)N1CC2C[C@]2(CO)C1. The van der Waals surface area contributed by atoms with Gasteiger partial charge in [0.2, 0.25) is 0 Å². The number of likely N-dealkylation sites (tertiary alicyclic amines) is 1. The van der Waals surface area contributed by atoms with Gasteiger partial charge in [0, 0.05) is 18.5 Å². The topological polar surface area (TPSA) is 49.8 Å². The third-order valence-electron chi connectivity index (χ3n) is 4.08. The number of amides is 1. The molecule has 2 atom stereocenters. The van der Waals surface area contributed by atoms with Crippen LogP contribution in [0, 0.1) is 11.3 Å². The molecule has 1 saturated carbocycles. The number of hydrogen-bond acceptors (Lipinski definition) is 3. The van der Waals surface area contributed by atoms with Crippen LogP contribution in [-0.2, 0) is 11.3 Å². The fourth-order valence-electron chi connectivity index (χ4n) is 2.79. The van der Waals surface area contributed by atoms with Crippen molar-refractivity contribution >= 4 is 6.09 Å². The molecule has 1 aromatic carbocycles. The highest BCUT2D eigenvalue weighted by Crippen LogP contribution is 2.57. The zero-order valence-corrected chi connectivity index (χ0v) is 10.2. The van der Waals surface area contributed by atoms with Crippen molar-refractivity contribution in [1.82, 2.24) is 4.90 Å². The Hall–Kier alpha value is -1.55. The van der Waals surface area contributed by atoms with E-state index in [-0.39, 0.29) is 18.1 Å². The molecular formula is C14H17NO3. The van der Waals surface area contributed by atoms with E-state index in [4.69, 9.17) is 4.74 Å². The van der Waals surface area contributed by atoms with Crippen molar-refractivity contribution in [3.05, 3.63) is 35.9 Å². The molecule has 1 aromatic rings. The molecule has 1 unspecified atom stereocenters. The lowest BCUT2D eigenvalue weighted by Crippen LogP contribution is -2.33. The van der Waals surface area contributed by atoms with E-state index in [0.717, 1.165) is 18.5 Å². The van der Waals surface area contributed by atoms with E-state index >= 15 is 0 Å². The first kappa shape index (κ1) is 11.5. The zero-order chi connectivity index (χ0) is 12.6. The van der Waals surface area contributed by atoms with Crippen molar-refractivity contribution in [1.29, 1.82) is 0 Å². The molecule has 1 aliphatic carbocycles. The molecule has 0 aromatic heterocycles. The number of carbonyl (C=O) groups is 1. The first-order valence-corrected chi connectivity index (χ1v) is 6.30. The lowest BCUT2D eigenvalue weighted by atomic mass is 10.1. The number of fused-ring (bicyclic) bond motifs is 1. The van der Waals surface area contributed by atoms with E-state index in [2.05, 4.69) is 0 Å². The van der Waals surface area contributed by atoms with Crippen LogP contribution >= 0.6 is 0 Å². The van der Waals surface area contributed by atoms with Crippen molar-refractivity contribution in [2.75, 3.05) is 19.7 Å². The highest BCUT2D eigenvalue weighted by Gasteiger charge is 2.60. The fourth-order valence-corrected chi connectivity index (χ4v) is 2.79. The Labute approximate surface area is 106 Å². The van der Waals surface area contributed by atoms with Gasteiger partial charge in [-0.2, -0.15) is 0 Å². The van der Waals surface area contributed by atoms with Crippen LogP contribution in [0.1, 0.15) is 12.0 Å². The molecule has 4 nitrogen and oxygen atoms in total. The number of benzene rings is 1. The second kappa shape index (κ2) is 4.28. The molecule has 1 N–H and O–H groups in total. The van der Waals surface area contributed by atoms with Gasteiger partial charge in [0.25, 0.3) is 0 Å². The molecule has 1 amide bonds. The lowest BCUT2D eigenvalue weighted by molar-refractivity contribution is 0.0945. The number of nitrogens with zero attached hydrogens (tertiary/aromatic N) is 1. The van der Waals surface area contributed by atoms with Crippen molar-refractivity contribution in [2.45, 2.75) is 13.0 Å². The quantitative estimate of drug-likeness (QED) is 0.883. The van der Waals surface area contributed by atoms with Gasteiger partial charge in [-0.05, 0) is 17.9 Å². The van der Waals surface area contributed by atoms with E-state index < -0.39 is 0 Å². The Balaban J connectivity index is 1.51. The van der Waals surface area contributed by atoms with Gasteiger partial charge in [-0.15, -0.1) is 0 Å². The van der Waals surface area contributed by atoms with Crippen molar-refractivity contribution in [3.8, 4) is 0 Å². The number of carbonyl (C=O) groups excluding carboxylic acids is 1. The standard InChI is InChI=1S/C14H17NO3/c16-10-14-6-12(14)7-15(9-14)13(17)18-8-11-4-2-1-3-5-11/h1-5,12,16H,6-10H2/t12?,14-/m1/s1. The van der Waals surface area contributed by atoms with Crippen LogP contribution in [0.2, 0.25) is 0 Å². The number of rotatable bonds is 3. The van der Waals surface area contributed by atoms with Gasteiger partial charge in [0.1, 0.15) is 6.61 Å². The molecule has 4 heteroatoms. The van der Waals surface area contributed by atoms with Gasteiger partial charge in [0.15, 0.2) is 0 Å². The summed E-state index contributed by atoms with van der Waals surface area (Å²) in [5, 5.41) is 9.30. The van der Waals surface area contributed by atoms with Crippen molar-refractivity contribution in [2.24, 2.45) is 11.3 Å². The molecule has 1 aliphatic heterocycles. The summed E-state index contributed by atoms with van der Waals surface area (Å²) in [5.41, 5.74) is 0.984. The number of hydrogen-bond donors (Lipinski definition) is 1. The van der Waals surface area contributed by atoms with Gasteiger partial charge < -0.3 is 14.7 Å². The van der Waals surface area contributed by atoms with E-state index in [1.807, 2.05) is 30.3 Å². The maximum atomic E-state index is 11.9. The van der Waals surface area contributed by atoms with Crippen molar-refractivity contribution < 1.29 is 14.6 Å². The summed E-state index contributed by atoms with van der Waals surface area (Å²) < 4.78 is 5.28. The molecule has 1 heterocycles. The molecule has 2 fully saturated rings. The van der Waals surface area contributed by atoms with Crippen LogP contribution in [0.15, 0.2) is 30.3 Å². The maximum absolute atomic E-state index is 11.9. The van der Waals surface area contributed by atoms with Crippen LogP contribution in [0.25, 0.3) is 0 Å². The summed E-state index contributed by atoms with van der Waals surface area (Å²) in [5.74, 6) is 0.478. The third kappa shape index (κ3) is 1.97. The summed E-state index contributed by atoms with van der Waals surface area (Å²) in [7, 11) is 0.